The van der Waals surface area contributed by atoms with Crippen molar-refractivity contribution < 1.29 is 9.47 Å². The van der Waals surface area contributed by atoms with Gasteiger partial charge in [-0.25, -0.2) is 0 Å². The number of fused-ring (bicyclic) bond motifs is 4. The maximum Gasteiger partial charge on any atom is 0.147 e. The third-order valence-corrected chi connectivity index (χ3v) is 23.1. The summed E-state index contributed by atoms with van der Waals surface area (Å²) in [7, 11) is 0. The molecule has 0 saturated carbocycles. The van der Waals surface area contributed by atoms with Gasteiger partial charge in [-0.1, -0.05) is 279 Å². The van der Waals surface area contributed by atoms with Crippen molar-refractivity contribution in [2.75, 3.05) is 0 Å². The predicted octanol–water partition coefficient (Wildman–Crippen LogP) is 23.0. The molecular formula is C102H100O2. The van der Waals surface area contributed by atoms with E-state index in [1.807, 2.05) is 0 Å². The molecule has 0 amide bonds. The van der Waals surface area contributed by atoms with Crippen LogP contribution in [0.3, 0.4) is 0 Å². The van der Waals surface area contributed by atoms with Crippen molar-refractivity contribution >= 4 is 0 Å². The maximum atomic E-state index is 7.44. The number of hydrogen-bond donors (Lipinski definition) is 0. The fraction of sp³-hybridized carbons (Fsp3) is 0.333. The molecule has 0 saturated heterocycles. The second kappa shape index (κ2) is 26.6. The molecule has 0 atom stereocenters. The minimum absolute atomic E-state index is 0.121. The second-order valence-corrected chi connectivity index (χ2v) is 35.7. The van der Waals surface area contributed by atoms with Crippen molar-refractivity contribution in [3.05, 3.63) is 326 Å². The highest BCUT2D eigenvalue weighted by Gasteiger charge is 2.41. The van der Waals surface area contributed by atoms with Gasteiger partial charge in [-0.15, -0.1) is 0 Å². The van der Waals surface area contributed by atoms with Crippen molar-refractivity contribution in [3.8, 4) is 70.4 Å². The Morgan fingerprint density at radius 1 is 0.221 bits per heavy atom. The summed E-state index contributed by atoms with van der Waals surface area (Å²) >= 11 is 0. The Bertz CT molecular complexity index is 5060. The molecular weight excluding hydrogens is 1260 g/mol. The Kier molecular flexibility index (Phi) is 17.9. The molecule has 2 heteroatoms. The van der Waals surface area contributed by atoms with Crippen LogP contribution in [0, 0.1) is 47.4 Å². The second-order valence-electron chi connectivity index (χ2n) is 35.7. The van der Waals surface area contributed by atoms with Crippen molar-refractivity contribution in [2.24, 2.45) is 0 Å². The largest absolute Gasteiger partial charge is 0.454 e. The van der Waals surface area contributed by atoms with Crippen LogP contribution in [0.25, 0.3) is 0 Å². The molecule has 14 aliphatic rings. The fourth-order valence-corrected chi connectivity index (χ4v) is 15.8. The predicted molar refractivity (Wildman–Crippen MR) is 432 cm³/mol. The summed E-state index contributed by atoms with van der Waals surface area (Å²) in [4.78, 5) is 0. The SMILES string of the molecule is CC(C)(C)c1cc(C#Cc2cc3ccc2CCc2ccc(cc2)CC3)c2c(c1)C(C)(C)c1cc(C(C)(C)C)cc(C#Cc3cc4ccc3CCc3ccc(c(C#Cc5cc(C(C)(C)C)cc6c5Oc5c(C#Cc7cc8ccc7CCc7ccc(cc7)CC8)cc(C(C)(C)C)cc5C6(C)C)c3)CC4)c1O2. The van der Waals surface area contributed by atoms with Crippen molar-refractivity contribution in [3.63, 3.8) is 0 Å². The van der Waals surface area contributed by atoms with Gasteiger partial charge < -0.3 is 9.47 Å². The van der Waals surface area contributed by atoms with Crippen LogP contribution in [0.5, 0.6) is 23.0 Å². The lowest BCUT2D eigenvalue weighted by molar-refractivity contribution is 0.412. The number of hydrogen-bond acceptors (Lipinski definition) is 2. The molecule has 12 aliphatic carbocycles. The van der Waals surface area contributed by atoms with Crippen LogP contribution in [0.4, 0.5) is 0 Å². The highest BCUT2D eigenvalue weighted by atomic mass is 16.5. The normalized spacial score (nSPS) is 15.2. The average Bonchev–Trinajstić information content (AvgIpc) is 0.726. The molecule has 520 valence electrons. The van der Waals surface area contributed by atoms with E-state index in [0.717, 1.165) is 167 Å². The summed E-state index contributed by atoms with van der Waals surface area (Å²) < 4.78 is 14.9. The summed E-state index contributed by atoms with van der Waals surface area (Å²) in [6.07, 6.45) is 11.1. The van der Waals surface area contributed by atoms with Crippen LogP contribution in [-0.2, 0) is 110 Å². The first-order chi connectivity index (χ1) is 49.4. The molecule has 2 nitrogen and oxygen atoms in total. The van der Waals surface area contributed by atoms with Gasteiger partial charge >= 0.3 is 0 Å². The molecule has 104 heavy (non-hydrogen) atoms. The Hall–Kier alpha value is -9.96. The zero-order valence-corrected chi connectivity index (χ0v) is 64.5. The van der Waals surface area contributed by atoms with Gasteiger partial charge in [0.05, 0.1) is 22.3 Å². The van der Waals surface area contributed by atoms with Crippen molar-refractivity contribution in [1.29, 1.82) is 0 Å². The molecule has 2 aliphatic heterocycles. The molecule has 0 N–H and O–H groups in total. The van der Waals surface area contributed by atoms with E-state index >= 15 is 0 Å². The zero-order chi connectivity index (χ0) is 72.8. The third-order valence-electron chi connectivity index (χ3n) is 23.1. The summed E-state index contributed by atoms with van der Waals surface area (Å²) in [6, 6.07) is 65.1. The van der Waals surface area contributed by atoms with E-state index in [-0.39, 0.29) is 21.7 Å². The standard InChI is InChI=1S/C102H100O2/c1-97(2,3)85-57-81(49-45-77-53-69-27-25-65-17-21-67(22-18-65)29-37-73(77)39-31-69)93-89(61-85)101(13,14)91-63-87(99(7,8)9)59-83(95(91)103-93)51-47-79-55-71-33-41-75(79)43-35-72-34-42-76(44-36-71)80(56-72)48-52-84-60-88(100(10,11)12)64-92-96(84)104-94-82(58-86(98(4,5)6)62-90(94)102(92,15)16)50-46-78-54-70-28-26-66-19-23-68(24-20-66)30-38-74(78)40-32-70/h17-24,31-34,39-42,53-64H,25-30,35-38,43-44H2,1-16H3. The van der Waals surface area contributed by atoms with E-state index in [2.05, 4.69) is 328 Å². The molecule has 10 aromatic carbocycles. The first-order valence-corrected chi connectivity index (χ1v) is 38.3. The van der Waals surface area contributed by atoms with E-state index in [4.69, 9.17) is 9.47 Å². The van der Waals surface area contributed by atoms with E-state index in [9.17, 15) is 0 Å². The van der Waals surface area contributed by atoms with E-state index in [1.165, 1.54) is 89.0 Å². The lowest BCUT2D eigenvalue weighted by Gasteiger charge is -2.38. The van der Waals surface area contributed by atoms with Gasteiger partial charge in [0.15, 0.2) is 0 Å². The first-order valence-electron chi connectivity index (χ1n) is 38.3. The lowest BCUT2D eigenvalue weighted by Crippen LogP contribution is -2.28. The first kappa shape index (κ1) is 69.7. The summed E-state index contributed by atoms with van der Waals surface area (Å²) in [5.74, 6) is 33.7. The maximum absolute atomic E-state index is 7.44. The number of benzene rings is 10. The Balaban J connectivity index is 0.758. The summed E-state index contributed by atoms with van der Waals surface area (Å²) in [5, 5.41) is 0. The zero-order valence-electron chi connectivity index (χ0n) is 64.5. The van der Waals surface area contributed by atoms with Gasteiger partial charge in [0.2, 0.25) is 0 Å². The van der Waals surface area contributed by atoms with Gasteiger partial charge in [-0.2, -0.15) is 0 Å². The van der Waals surface area contributed by atoms with Gasteiger partial charge in [0, 0.05) is 55.3 Å². The smallest absolute Gasteiger partial charge is 0.147 e. The van der Waals surface area contributed by atoms with Gasteiger partial charge in [-0.3, -0.25) is 0 Å². The minimum Gasteiger partial charge on any atom is -0.454 e. The van der Waals surface area contributed by atoms with Crippen LogP contribution >= 0.6 is 0 Å². The van der Waals surface area contributed by atoms with Gasteiger partial charge in [-0.05, 0) is 236 Å². The van der Waals surface area contributed by atoms with Crippen LogP contribution in [0.2, 0.25) is 0 Å². The summed E-state index contributed by atoms with van der Waals surface area (Å²) in [6.45, 7) is 37.1. The molecule has 12 bridgehead atoms. The number of rotatable bonds is 0. The van der Waals surface area contributed by atoms with Crippen LogP contribution < -0.4 is 9.47 Å². The van der Waals surface area contributed by atoms with E-state index in [0.29, 0.717) is 0 Å². The highest BCUT2D eigenvalue weighted by molar-refractivity contribution is 5.72. The molecule has 24 rings (SSSR count). The van der Waals surface area contributed by atoms with Crippen LogP contribution in [-0.4, -0.2) is 0 Å². The topological polar surface area (TPSA) is 18.5 Å². The third kappa shape index (κ3) is 14.2. The Morgan fingerprint density at radius 2 is 0.404 bits per heavy atom. The van der Waals surface area contributed by atoms with E-state index < -0.39 is 10.8 Å². The molecule has 0 aromatic heterocycles. The molecule has 0 unspecified atom stereocenters. The monoisotopic (exact) mass is 1360 g/mol. The quantitative estimate of drug-likeness (QED) is 0.141. The molecule has 0 radical (unpaired) electrons. The minimum atomic E-state index is -0.426. The number of aryl methyl sites for hydroxylation is 12. The Morgan fingerprint density at radius 3 is 0.625 bits per heavy atom. The molecule has 2 heterocycles. The van der Waals surface area contributed by atoms with Crippen LogP contribution in [0.1, 0.15) is 267 Å². The van der Waals surface area contributed by atoms with Crippen molar-refractivity contribution in [2.45, 2.75) is 220 Å². The van der Waals surface area contributed by atoms with Gasteiger partial charge in [0.1, 0.15) is 23.0 Å². The Labute approximate surface area is 621 Å². The van der Waals surface area contributed by atoms with Crippen molar-refractivity contribution in [1.82, 2.24) is 0 Å². The average molecular weight is 1360 g/mol. The lowest BCUT2D eigenvalue weighted by atomic mass is 9.70. The number of ether oxygens (including phenoxy) is 2. The molecule has 10 aromatic rings. The molecule has 0 fully saturated rings. The molecule has 0 spiro atoms. The highest BCUT2D eigenvalue weighted by Crippen LogP contribution is 2.55. The van der Waals surface area contributed by atoms with Gasteiger partial charge in [0.25, 0.3) is 0 Å². The summed E-state index contributed by atoms with van der Waals surface area (Å²) in [5.41, 5.74) is 31.9. The van der Waals surface area contributed by atoms with E-state index in [1.54, 1.807) is 0 Å². The van der Waals surface area contributed by atoms with Crippen LogP contribution in [0.15, 0.2) is 170 Å². The fourth-order valence-electron chi connectivity index (χ4n) is 15.8.